The minimum Gasteiger partial charge on any atom is -0.481 e. The van der Waals surface area contributed by atoms with E-state index >= 15 is 0 Å². The Morgan fingerprint density at radius 1 is 1.14 bits per heavy atom. The number of rotatable bonds is 4. The van der Waals surface area contributed by atoms with Crippen LogP contribution in [-0.4, -0.2) is 23.0 Å². The van der Waals surface area contributed by atoms with E-state index in [-0.39, 0.29) is 23.8 Å². The number of carbonyl (C=O) groups is 2. The molecule has 0 aliphatic heterocycles. The Morgan fingerprint density at radius 2 is 1.86 bits per heavy atom. The summed E-state index contributed by atoms with van der Waals surface area (Å²) in [5.41, 5.74) is 1.20. The second kappa shape index (κ2) is 5.79. The van der Waals surface area contributed by atoms with Gasteiger partial charge in [0.25, 0.3) is 0 Å². The topological polar surface area (TPSA) is 66.4 Å². The Kier molecular flexibility index (Phi) is 4.02. The van der Waals surface area contributed by atoms with Crippen LogP contribution in [0.5, 0.6) is 0 Å². The van der Waals surface area contributed by atoms with Gasteiger partial charge in [0.05, 0.1) is 5.92 Å². The maximum Gasteiger partial charge on any atom is 0.306 e. The van der Waals surface area contributed by atoms with Crippen LogP contribution in [0.1, 0.15) is 37.2 Å². The number of carboxylic acids is 1. The number of carbonyl (C=O) groups excluding carboxylic acids is 1. The molecule has 2 aliphatic rings. The molecule has 1 aromatic carbocycles. The molecular weight excluding hydrogens is 334 g/mol. The molecule has 0 heterocycles. The lowest BCUT2D eigenvalue weighted by Crippen LogP contribution is -2.34. The standard InChI is InChI=1S/C16H18BrNO3/c17-11-4-1-9(2-5-11)13-8-14(13)15(19)18-12-6-3-10(7-12)16(20)21/h1-2,4-5,10,12-14H,3,6-8H2,(H,18,19)(H,20,21)/t10-,12+,13?,14?/m0/s1. The van der Waals surface area contributed by atoms with Gasteiger partial charge in [0.15, 0.2) is 0 Å². The molecule has 5 heteroatoms. The van der Waals surface area contributed by atoms with Gasteiger partial charge in [0, 0.05) is 16.4 Å². The van der Waals surface area contributed by atoms with Crippen molar-refractivity contribution < 1.29 is 14.7 Å². The first-order valence-corrected chi connectivity index (χ1v) is 8.12. The monoisotopic (exact) mass is 351 g/mol. The predicted octanol–water partition coefficient (Wildman–Crippen LogP) is 2.92. The first-order valence-electron chi connectivity index (χ1n) is 7.33. The highest BCUT2D eigenvalue weighted by molar-refractivity contribution is 9.10. The molecule has 0 spiro atoms. The average Bonchev–Trinajstić information content (AvgIpc) is 3.11. The SMILES string of the molecule is O=C(N[C@@H]1CC[C@H](C(=O)O)C1)C1CC1c1ccc(Br)cc1. The summed E-state index contributed by atoms with van der Waals surface area (Å²) in [6.07, 6.45) is 2.90. The number of hydrogen-bond donors (Lipinski definition) is 2. The third kappa shape index (κ3) is 3.28. The van der Waals surface area contributed by atoms with Crippen LogP contribution in [0.15, 0.2) is 28.7 Å². The molecule has 0 aromatic heterocycles. The number of amides is 1. The van der Waals surface area contributed by atoms with Crippen LogP contribution in [0.3, 0.4) is 0 Å². The van der Waals surface area contributed by atoms with Crippen molar-refractivity contribution in [2.45, 2.75) is 37.6 Å². The highest BCUT2D eigenvalue weighted by Gasteiger charge is 2.44. The van der Waals surface area contributed by atoms with Gasteiger partial charge in [-0.25, -0.2) is 0 Å². The number of aliphatic carboxylic acids is 1. The van der Waals surface area contributed by atoms with Crippen molar-refractivity contribution in [3.8, 4) is 0 Å². The highest BCUT2D eigenvalue weighted by atomic mass is 79.9. The summed E-state index contributed by atoms with van der Waals surface area (Å²) in [4.78, 5) is 23.1. The normalized spacial score (nSPS) is 30.9. The Hall–Kier alpha value is -1.36. The number of benzene rings is 1. The summed E-state index contributed by atoms with van der Waals surface area (Å²) in [5.74, 6) is -0.591. The zero-order valence-corrected chi connectivity index (χ0v) is 13.2. The lowest BCUT2D eigenvalue weighted by atomic mass is 10.1. The van der Waals surface area contributed by atoms with Gasteiger partial charge in [-0.05, 0) is 49.3 Å². The van der Waals surface area contributed by atoms with Crippen molar-refractivity contribution in [3.05, 3.63) is 34.3 Å². The van der Waals surface area contributed by atoms with E-state index < -0.39 is 5.97 Å². The fourth-order valence-electron chi connectivity index (χ4n) is 3.21. The van der Waals surface area contributed by atoms with Gasteiger partial charge in [-0.3, -0.25) is 9.59 Å². The van der Waals surface area contributed by atoms with Crippen molar-refractivity contribution in [2.75, 3.05) is 0 Å². The van der Waals surface area contributed by atoms with Gasteiger partial charge >= 0.3 is 5.97 Å². The fraction of sp³-hybridized carbons (Fsp3) is 0.500. The lowest BCUT2D eigenvalue weighted by Gasteiger charge is -2.12. The first kappa shape index (κ1) is 14.6. The molecule has 0 saturated heterocycles. The van der Waals surface area contributed by atoms with Gasteiger partial charge in [-0.1, -0.05) is 28.1 Å². The zero-order valence-electron chi connectivity index (χ0n) is 11.6. The average molecular weight is 352 g/mol. The van der Waals surface area contributed by atoms with Crippen molar-refractivity contribution in [1.82, 2.24) is 5.32 Å². The summed E-state index contributed by atoms with van der Waals surface area (Å²) >= 11 is 3.41. The Labute approximate surface area is 132 Å². The minimum atomic E-state index is -0.745. The Bertz CT molecular complexity index is 557. The van der Waals surface area contributed by atoms with Gasteiger partial charge < -0.3 is 10.4 Å². The largest absolute Gasteiger partial charge is 0.481 e. The van der Waals surface area contributed by atoms with Gasteiger partial charge in [-0.15, -0.1) is 0 Å². The summed E-state index contributed by atoms with van der Waals surface area (Å²) < 4.78 is 1.04. The number of nitrogens with one attached hydrogen (secondary N) is 1. The summed E-state index contributed by atoms with van der Waals surface area (Å²) in [6, 6.07) is 8.13. The molecule has 0 bridgehead atoms. The van der Waals surface area contributed by atoms with E-state index in [0.717, 1.165) is 17.3 Å². The molecule has 4 atom stereocenters. The fourth-order valence-corrected chi connectivity index (χ4v) is 3.47. The number of carboxylic acid groups (broad SMARTS) is 1. The molecule has 2 unspecified atom stereocenters. The summed E-state index contributed by atoms with van der Waals surface area (Å²) in [6.45, 7) is 0. The number of halogens is 1. The molecule has 2 fully saturated rings. The van der Waals surface area contributed by atoms with Crippen LogP contribution in [0, 0.1) is 11.8 Å². The third-order valence-corrected chi connectivity index (χ3v) is 5.08. The van der Waals surface area contributed by atoms with E-state index in [2.05, 4.69) is 33.4 Å². The van der Waals surface area contributed by atoms with Crippen LogP contribution in [0.4, 0.5) is 0 Å². The van der Waals surface area contributed by atoms with Gasteiger partial charge in [0.1, 0.15) is 0 Å². The number of hydrogen-bond acceptors (Lipinski definition) is 2. The second-order valence-electron chi connectivity index (χ2n) is 6.05. The highest BCUT2D eigenvalue weighted by Crippen LogP contribution is 2.48. The molecule has 0 radical (unpaired) electrons. The second-order valence-corrected chi connectivity index (χ2v) is 6.97. The lowest BCUT2D eigenvalue weighted by molar-refractivity contribution is -0.141. The molecule has 2 aliphatic carbocycles. The van der Waals surface area contributed by atoms with Crippen LogP contribution in [0.2, 0.25) is 0 Å². The van der Waals surface area contributed by atoms with Crippen LogP contribution < -0.4 is 5.32 Å². The van der Waals surface area contributed by atoms with Crippen LogP contribution >= 0.6 is 15.9 Å². The molecule has 1 amide bonds. The molecule has 2 N–H and O–H groups in total. The molecule has 4 nitrogen and oxygen atoms in total. The van der Waals surface area contributed by atoms with Gasteiger partial charge in [-0.2, -0.15) is 0 Å². The molecule has 2 saturated carbocycles. The zero-order chi connectivity index (χ0) is 15.0. The molecule has 1 aromatic rings. The van der Waals surface area contributed by atoms with E-state index in [1.807, 2.05) is 12.1 Å². The molecular formula is C16H18BrNO3. The van der Waals surface area contributed by atoms with E-state index in [4.69, 9.17) is 5.11 Å². The van der Waals surface area contributed by atoms with E-state index in [1.54, 1.807) is 0 Å². The van der Waals surface area contributed by atoms with Crippen LogP contribution in [-0.2, 0) is 9.59 Å². The maximum absolute atomic E-state index is 12.2. The Morgan fingerprint density at radius 3 is 2.48 bits per heavy atom. The van der Waals surface area contributed by atoms with Crippen molar-refractivity contribution in [3.63, 3.8) is 0 Å². The smallest absolute Gasteiger partial charge is 0.306 e. The van der Waals surface area contributed by atoms with E-state index in [9.17, 15) is 9.59 Å². The van der Waals surface area contributed by atoms with Crippen molar-refractivity contribution >= 4 is 27.8 Å². The predicted molar refractivity (Wildman–Crippen MR) is 81.9 cm³/mol. The van der Waals surface area contributed by atoms with E-state index in [0.29, 0.717) is 18.8 Å². The first-order chi connectivity index (χ1) is 10.0. The van der Waals surface area contributed by atoms with Crippen molar-refractivity contribution in [1.29, 1.82) is 0 Å². The van der Waals surface area contributed by atoms with Crippen LogP contribution in [0.25, 0.3) is 0 Å². The van der Waals surface area contributed by atoms with Crippen molar-refractivity contribution in [2.24, 2.45) is 11.8 Å². The van der Waals surface area contributed by atoms with E-state index in [1.165, 1.54) is 5.56 Å². The minimum absolute atomic E-state index is 0.0322. The third-order valence-electron chi connectivity index (χ3n) is 4.55. The van der Waals surface area contributed by atoms with Gasteiger partial charge in [0.2, 0.25) is 5.91 Å². The Balaban J connectivity index is 1.52. The molecule has 112 valence electrons. The summed E-state index contributed by atoms with van der Waals surface area (Å²) in [5, 5.41) is 12.0. The maximum atomic E-state index is 12.2. The quantitative estimate of drug-likeness (QED) is 0.876. The molecule has 21 heavy (non-hydrogen) atoms. The molecule has 3 rings (SSSR count). The summed E-state index contributed by atoms with van der Waals surface area (Å²) in [7, 11) is 0.